The quantitative estimate of drug-likeness (QED) is 0.264. The van der Waals surface area contributed by atoms with Crippen molar-refractivity contribution in [3.63, 3.8) is 0 Å². The maximum absolute atomic E-state index is 13.7. The summed E-state index contributed by atoms with van der Waals surface area (Å²) in [6.45, 7) is 4.24. The number of benzene rings is 3. The average Bonchev–Trinajstić information content (AvgIpc) is 3.31. The van der Waals surface area contributed by atoms with E-state index >= 15 is 0 Å². The number of thioether (sulfide) groups is 1. The minimum atomic E-state index is -0.547. The van der Waals surface area contributed by atoms with Gasteiger partial charge in [-0.25, -0.2) is 4.68 Å². The normalized spacial score (nSPS) is 14.6. The molecule has 9 heteroatoms. The largest absolute Gasteiger partial charge is 0.508 e. The molecular formula is C28H27N5O3S. The lowest BCUT2D eigenvalue weighted by Crippen LogP contribution is -2.31. The number of nitrogens with zero attached hydrogens (tertiary/aromatic N) is 3. The third-order valence-electron chi connectivity index (χ3n) is 5.93. The number of fused-ring (bicyclic) bond motifs is 1. The van der Waals surface area contributed by atoms with Crippen molar-refractivity contribution in [2.45, 2.75) is 30.8 Å². The predicted molar refractivity (Wildman–Crippen MR) is 145 cm³/mol. The van der Waals surface area contributed by atoms with Crippen molar-refractivity contribution in [3.8, 4) is 11.5 Å². The van der Waals surface area contributed by atoms with E-state index in [0.717, 1.165) is 11.3 Å². The van der Waals surface area contributed by atoms with E-state index in [1.807, 2.05) is 56.3 Å². The number of aromatic nitrogens is 3. The van der Waals surface area contributed by atoms with Crippen LogP contribution in [0.4, 0.5) is 11.6 Å². The molecule has 0 saturated carbocycles. The highest BCUT2D eigenvalue weighted by molar-refractivity contribution is 7.98. The summed E-state index contributed by atoms with van der Waals surface area (Å²) < 4.78 is 7.43. The lowest BCUT2D eigenvalue weighted by molar-refractivity contribution is -0.113. The summed E-state index contributed by atoms with van der Waals surface area (Å²) in [4.78, 5) is 18.4. The summed E-state index contributed by atoms with van der Waals surface area (Å²) >= 11 is 1.53. The zero-order valence-electron chi connectivity index (χ0n) is 20.5. The van der Waals surface area contributed by atoms with Crippen LogP contribution >= 0.6 is 11.8 Å². The number of hydrogen-bond acceptors (Lipinski definition) is 7. The van der Waals surface area contributed by atoms with Gasteiger partial charge in [0, 0.05) is 11.4 Å². The predicted octanol–water partition coefficient (Wildman–Crippen LogP) is 5.60. The Hall–Kier alpha value is -4.24. The molecule has 0 aliphatic carbocycles. The highest BCUT2D eigenvalue weighted by Crippen LogP contribution is 2.38. The first-order valence-corrected chi connectivity index (χ1v) is 12.9. The summed E-state index contributed by atoms with van der Waals surface area (Å²) in [6.07, 6.45) is 0. The Morgan fingerprint density at radius 3 is 2.57 bits per heavy atom. The van der Waals surface area contributed by atoms with Crippen LogP contribution in [0.15, 0.2) is 95.3 Å². The van der Waals surface area contributed by atoms with Gasteiger partial charge in [-0.15, -0.1) is 5.10 Å². The molecule has 4 aromatic rings. The van der Waals surface area contributed by atoms with E-state index in [9.17, 15) is 9.90 Å². The Balaban J connectivity index is 1.49. The molecule has 188 valence electrons. The molecule has 3 aromatic carbocycles. The van der Waals surface area contributed by atoms with Crippen molar-refractivity contribution in [1.82, 2.24) is 14.8 Å². The van der Waals surface area contributed by atoms with Crippen LogP contribution in [0, 0.1) is 0 Å². The average molecular weight is 514 g/mol. The van der Waals surface area contributed by atoms with Crippen molar-refractivity contribution in [1.29, 1.82) is 0 Å². The van der Waals surface area contributed by atoms with E-state index < -0.39 is 6.04 Å². The van der Waals surface area contributed by atoms with Gasteiger partial charge < -0.3 is 20.5 Å². The summed E-state index contributed by atoms with van der Waals surface area (Å²) in [5.41, 5.74) is 3.72. The third-order valence-corrected chi connectivity index (χ3v) is 6.84. The van der Waals surface area contributed by atoms with Crippen LogP contribution < -0.4 is 15.4 Å². The molecule has 5 rings (SSSR count). The van der Waals surface area contributed by atoms with Crippen molar-refractivity contribution >= 4 is 29.3 Å². The zero-order chi connectivity index (χ0) is 25.8. The van der Waals surface area contributed by atoms with Crippen molar-refractivity contribution in [2.24, 2.45) is 0 Å². The summed E-state index contributed by atoms with van der Waals surface area (Å²) in [6, 6.07) is 23.7. The van der Waals surface area contributed by atoms with E-state index in [2.05, 4.69) is 22.8 Å². The van der Waals surface area contributed by atoms with Gasteiger partial charge in [0.2, 0.25) is 11.1 Å². The van der Waals surface area contributed by atoms with Crippen LogP contribution in [0.2, 0.25) is 0 Å². The number of ether oxygens (including phenoxy) is 1. The Labute approximate surface area is 219 Å². The lowest BCUT2D eigenvalue weighted by atomic mass is 9.95. The van der Waals surface area contributed by atoms with Gasteiger partial charge in [0.15, 0.2) is 0 Å². The van der Waals surface area contributed by atoms with Crippen LogP contribution in [0.1, 0.15) is 31.0 Å². The molecule has 0 fully saturated rings. The number of allylic oxidation sites excluding steroid dienone is 1. The first kappa shape index (κ1) is 24.5. The van der Waals surface area contributed by atoms with Crippen molar-refractivity contribution in [3.05, 3.63) is 101 Å². The summed E-state index contributed by atoms with van der Waals surface area (Å²) in [5, 5.41) is 21.5. The third kappa shape index (κ3) is 5.31. The molecule has 37 heavy (non-hydrogen) atoms. The fourth-order valence-electron chi connectivity index (χ4n) is 4.21. The highest BCUT2D eigenvalue weighted by Gasteiger charge is 2.34. The number of rotatable bonds is 8. The molecule has 1 atom stereocenters. The van der Waals surface area contributed by atoms with Gasteiger partial charge >= 0.3 is 0 Å². The van der Waals surface area contributed by atoms with Crippen molar-refractivity contribution < 1.29 is 14.6 Å². The number of phenols is 1. The minimum Gasteiger partial charge on any atom is -0.508 e. The Bertz CT molecular complexity index is 1430. The van der Waals surface area contributed by atoms with E-state index in [4.69, 9.17) is 14.8 Å². The molecule has 3 N–H and O–H groups in total. The Morgan fingerprint density at radius 1 is 1.08 bits per heavy atom. The fraction of sp³-hybridized carbons (Fsp3) is 0.179. The molecule has 1 aliphatic rings. The first-order valence-electron chi connectivity index (χ1n) is 12.0. The SMILES string of the molecule is CCOc1ccccc1NC(=O)C1=C(C)Nc2nc(SCc3ccccc3)nn2C1c1ccc(O)cc1. The van der Waals surface area contributed by atoms with Gasteiger partial charge in [0.1, 0.15) is 17.5 Å². The summed E-state index contributed by atoms with van der Waals surface area (Å²) in [7, 11) is 0. The monoisotopic (exact) mass is 513 g/mol. The van der Waals surface area contributed by atoms with Crippen LogP contribution in [0.5, 0.6) is 11.5 Å². The number of aromatic hydroxyl groups is 1. The fourth-order valence-corrected chi connectivity index (χ4v) is 5.00. The molecule has 8 nitrogen and oxygen atoms in total. The second-order valence-electron chi connectivity index (χ2n) is 8.48. The maximum atomic E-state index is 13.7. The van der Waals surface area contributed by atoms with Gasteiger partial charge in [0.25, 0.3) is 5.91 Å². The topological polar surface area (TPSA) is 101 Å². The van der Waals surface area contributed by atoms with E-state index in [-0.39, 0.29) is 11.7 Å². The van der Waals surface area contributed by atoms with Gasteiger partial charge in [-0.05, 0) is 49.2 Å². The van der Waals surface area contributed by atoms with Gasteiger partial charge in [-0.1, -0.05) is 66.4 Å². The molecule has 1 aromatic heterocycles. The molecule has 0 spiro atoms. The van der Waals surface area contributed by atoms with Gasteiger partial charge in [0.05, 0.1) is 17.9 Å². The minimum absolute atomic E-state index is 0.146. The standard InChI is InChI=1S/C28H27N5O3S/c1-3-36-23-12-8-7-11-22(23)30-26(35)24-18(2)29-27-31-28(37-17-19-9-5-4-6-10-19)32-33(27)25(24)20-13-15-21(34)16-14-20/h4-16,25,34H,3,17H2,1-2H3,(H,30,35)(H,29,31,32). The number of carbonyl (C=O) groups is 1. The lowest BCUT2D eigenvalue weighted by Gasteiger charge is -2.28. The van der Waals surface area contributed by atoms with Crippen LogP contribution in [0.3, 0.4) is 0 Å². The van der Waals surface area contributed by atoms with Gasteiger partial charge in [-0.3, -0.25) is 4.79 Å². The summed E-state index contributed by atoms with van der Waals surface area (Å²) in [5.74, 6) is 1.74. The Kier molecular flexibility index (Phi) is 7.14. The highest BCUT2D eigenvalue weighted by atomic mass is 32.2. The van der Waals surface area contributed by atoms with Crippen LogP contribution in [0.25, 0.3) is 0 Å². The maximum Gasteiger partial charge on any atom is 0.255 e. The smallest absolute Gasteiger partial charge is 0.255 e. The van der Waals surface area contributed by atoms with Crippen LogP contribution in [-0.2, 0) is 10.5 Å². The van der Waals surface area contributed by atoms with Crippen molar-refractivity contribution in [2.75, 3.05) is 17.2 Å². The molecule has 0 bridgehead atoms. The number of phenolic OH excluding ortho intramolecular Hbond substituents is 1. The molecular weight excluding hydrogens is 486 g/mol. The van der Waals surface area contributed by atoms with E-state index in [0.29, 0.717) is 40.4 Å². The molecule has 1 amide bonds. The number of para-hydroxylation sites is 2. The van der Waals surface area contributed by atoms with Crippen LogP contribution in [-0.4, -0.2) is 32.4 Å². The van der Waals surface area contributed by atoms with E-state index in [1.54, 1.807) is 28.9 Å². The van der Waals surface area contributed by atoms with E-state index in [1.165, 1.54) is 17.3 Å². The number of carbonyl (C=O) groups excluding carboxylic acids is 1. The van der Waals surface area contributed by atoms with Gasteiger partial charge in [-0.2, -0.15) is 4.98 Å². The molecule has 1 unspecified atom stereocenters. The molecule has 1 aliphatic heterocycles. The molecule has 0 saturated heterocycles. The molecule has 2 heterocycles. The zero-order valence-corrected chi connectivity index (χ0v) is 21.3. The second-order valence-corrected chi connectivity index (χ2v) is 9.42. The number of hydrogen-bond donors (Lipinski definition) is 3. The number of amides is 1. The Morgan fingerprint density at radius 2 is 1.81 bits per heavy atom. The number of nitrogens with one attached hydrogen (secondary N) is 2. The molecule has 0 radical (unpaired) electrons. The first-order chi connectivity index (χ1) is 18.0. The second kappa shape index (κ2) is 10.8. The number of anilines is 2.